The average Bonchev–Trinajstić information content (AvgIpc) is 2.23. The normalized spacial score (nSPS) is 11.4. The molecule has 0 radical (unpaired) electrons. The van der Waals surface area contributed by atoms with E-state index < -0.39 is 23.1 Å². The molecule has 0 amide bonds. The van der Waals surface area contributed by atoms with Crippen LogP contribution in [0.5, 0.6) is 0 Å². The summed E-state index contributed by atoms with van der Waals surface area (Å²) in [5.74, 6) is -1.42. The summed E-state index contributed by atoms with van der Waals surface area (Å²) in [5, 5.41) is 0. The van der Waals surface area contributed by atoms with Crippen molar-refractivity contribution in [1.29, 1.82) is 0 Å². The van der Waals surface area contributed by atoms with Crippen LogP contribution in [0.1, 0.15) is 68.3 Å². The first-order valence-electron chi connectivity index (χ1n) is 6.70. The molecular weight excluding hydrogens is 286 g/mol. The molecule has 7 heteroatoms. The molecule has 3 N–H and O–H groups in total. The van der Waals surface area contributed by atoms with Crippen LogP contribution >= 0.6 is 0 Å². The molecule has 124 valence electrons. The van der Waals surface area contributed by atoms with Gasteiger partial charge in [0.1, 0.15) is 11.2 Å². The van der Waals surface area contributed by atoms with Gasteiger partial charge < -0.3 is 15.6 Å². The van der Waals surface area contributed by atoms with E-state index in [-0.39, 0.29) is 17.7 Å². The molecule has 0 unspecified atom stereocenters. The first-order valence-corrected chi connectivity index (χ1v) is 6.70. The van der Waals surface area contributed by atoms with E-state index in [1.165, 1.54) is 6.07 Å². The van der Waals surface area contributed by atoms with Gasteiger partial charge in [0.15, 0.2) is 5.69 Å². The Balaban J connectivity index is 0.00000441. The van der Waals surface area contributed by atoms with E-state index in [0.717, 1.165) is 0 Å². The Morgan fingerprint density at radius 3 is 1.82 bits per heavy atom. The number of hydrogen-bond acceptors (Lipinski definition) is 7. The van der Waals surface area contributed by atoms with Crippen LogP contribution in [0.3, 0.4) is 0 Å². The molecule has 0 aliphatic heterocycles. The second kappa shape index (κ2) is 6.83. The largest absolute Gasteiger partial charge is 0.455 e. The first-order chi connectivity index (χ1) is 9.37. The van der Waals surface area contributed by atoms with Crippen LogP contribution in [-0.4, -0.2) is 33.1 Å². The number of esters is 2. The smallest absolute Gasteiger partial charge is 0.376 e. The van der Waals surface area contributed by atoms with Crippen molar-refractivity contribution in [2.75, 3.05) is 0 Å². The van der Waals surface area contributed by atoms with E-state index in [0.29, 0.717) is 5.69 Å². The maximum atomic E-state index is 12.0. The molecule has 0 aromatic carbocycles. The number of carbonyl (C=O) groups excluding carboxylic acids is 2. The third-order valence-electron chi connectivity index (χ3n) is 2.04. The summed E-state index contributed by atoms with van der Waals surface area (Å²) in [5.41, 5.74) is -0.761. The van der Waals surface area contributed by atoms with Crippen LogP contribution in [-0.2, 0) is 9.47 Å². The summed E-state index contributed by atoms with van der Waals surface area (Å²) in [6, 6.07) is 1.47. The topological polar surface area (TPSA) is 113 Å². The maximum Gasteiger partial charge on any atom is 0.376 e. The molecule has 1 rings (SSSR count). The van der Waals surface area contributed by atoms with Crippen molar-refractivity contribution >= 4 is 11.9 Å². The number of carbonyl (C=O) groups is 2. The van der Waals surface area contributed by atoms with Crippen molar-refractivity contribution in [3.8, 4) is 0 Å². The summed E-state index contributed by atoms with van der Waals surface area (Å²) in [4.78, 5) is 31.9. The number of rotatable bonds is 2. The third-order valence-corrected chi connectivity index (χ3v) is 2.04. The fraction of sp³-hybridized carbons (Fsp3) is 0.600. The molecule has 0 saturated heterocycles. The van der Waals surface area contributed by atoms with Gasteiger partial charge in [-0.1, -0.05) is 0 Å². The molecule has 0 fully saturated rings. The molecule has 1 aromatic rings. The molecule has 1 heterocycles. The Bertz CT molecular complexity index is 511. The van der Waals surface area contributed by atoms with Gasteiger partial charge in [-0.15, -0.1) is 0 Å². The SMILES string of the molecule is Cc1cc(C(=O)OC(C)(C)C)nc(C(=O)OC(C)(C)C)n1.N. The van der Waals surface area contributed by atoms with Crippen LogP contribution in [0, 0.1) is 6.92 Å². The van der Waals surface area contributed by atoms with E-state index in [1.807, 2.05) is 0 Å². The highest BCUT2D eigenvalue weighted by Crippen LogP contribution is 2.14. The van der Waals surface area contributed by atoms with Gasteiger partial charge in [-0.05, 0) is 54.5 Å². The Morgan fingerprint density at radius 1 is 0.909 bits per heavy atom. The van der Waals surface area contributed by atoms with E-state index in [9.17, 15) is 9.59 Å². The van der Waals surface area contributed by atoms with Gasteiger partial charge in [0.25, 0.3) is 0 Å². The number of aryl methyl sites for hydroxylation is 1. The number of hydrogen-bond donors (Lipinski definition) is 1. The van der Waals surface area contributed by atoms with E-state index >= 15 is 0 Å². The quantitative estimate of drug-likeness (QED) is 0.835. The van der Waals surface area contributed by atoms with E-state index in [1.54, 1.807) is 48.5 Å². The zero-order valence-corrected chi connectivity index (χ0v) is 14.3. The predicted molar refractivity (Wildman–Crippen MR) is 82.1 cm³/mol. The molecule has 0 spiro atoms. The molecule has 0 bridgehead atoms. The van der Waals surface area contributed by atoms with Gasteiger partial charge in [-0.3, -0.25) is 0 Å². The van der Waals surface area contributed by atoms with Gasteiger partial charge in [0.2, 0.25) is 5.82 Å². The Hall–Kier alpha value is -2.02. The minimum Gasteiger partial charge on any atom is -0.455 e. The highest BCUT2D eigenvalue weighted by atomic mass is 16.6. The van der Waals surface area contributed by atoms with Crippen molar-refractivity contribution in [3.63, 3.8) is 0 Å². The maximum absolute atomic E-state index is 12.0. The summed E-state index contributed by atoms with van der Waals surface area (Å²) < 4.78 is 10.4. The lowest BCUT2D eigenvalue weighted by molar-refractivity contribution is 0.00514. The molecular formula is C15H25N3O4. The number of aromatic nitrogens is 2. The number of nitrogens with zero attached hydrogens (tertiary/aromatic N) is 2. The second-order valence-electron chi connectivity index (χ2n) is 6.72. The van der Waals surface area contributed by atoms with Crippen molar-refractivity contribution < 1.29 is 19.1 Å². The van der Waals surface area contributed by atoms with E-state index in [4.69, 9.17) is 9.47 Å². The fourth-order valence-electron chi connectivity index (χ4n) is 1.42. The predicted octanol–water partition coefficient (Wildman–Crippen LogP) is 2.86. The number of ether oxygens (including phenoxy) is 2. The van der Waals surface area contributed by atoms with Crippen molar-refractivity contribution in [3.05, 3.63) is 23.3 Å². The fourth-order valence-corrected chi connectivity index (χ4v) is 1.42. The lowest BCUT2D eigenvalue weighted by Crippen LogP contribution is -2.27. The highest BCUT2D eigenvalue weighted by molar-refractivity contribution is 5.90. The summed E-state index contributed by atoms with van der Waals surface area (Å²) >= 11 is 0. The Kier molecular flexibility index (Phi) is 6.20. The van der Waals surface area contributed by atoms with Crippen LogP contribution < -0.4 is 6.15 Å². The van der Waals surface area contributed by atoms with Gasteiger partial charge in [-0.25, -0.2) is 19.6 Å². The van der Waals surface area contributed by atoms with Crippen LogP contribution in [0.4, 0.5) is 0 Å². The van der Waals surface area contributed by atoms with Crippen molar-refractivity contribution in [2.24, 2.45) is 0 Å². The zero-order chi connectivity index (χ0) is 16.4. The molecule has 0 saturated carbocycles. The van der Waals surface area contributed by atoms with Crippen LogP contribution in [0.2, 0.25) is 0 Å². The van der Waals surface area contributed by atoms with Gasteiger partial charge in [0.05, 0.1) is 0 Å². The van der Waals surface area contributed by atoms with Crippen LogP contribution in [0.15, 0.2) is 6.07 Å². The minimum atomic E-state index is -0.670. The second-order valence-corrected chi connectivity index (χ2v) is 6.72. The standard InChI is InChI=1S/C15H22N2O4.H3N/c1-9-8-10(12(18)20-14(2,3)4)17-11(16-9)13(19)21-15(5,6)7;/h8H,1-7H3;1H3. The Labute approximate surface area is 131 Å². The minimum absolute atomic E-state index is 0. The molecule has 0 atom stereocenters. The Morgan fingerprint density at radius 2 is 1.36 bits per heavy atom. The monoisotopic (exact) mass is 311 g/mol. The molecule has 1 aromatic heterocycles. The van der Waals surface area contributed by atoms with Crippen molar-refractivity contribution in [1.82, 2.24) is 16.1 Å². The molecule has 0 aliphatic rings. The molecule has 22 heavy (non-hydrogen) atoms. The van der Waals surface area contributed by atoms with E-state index in [2.05, 4.69) is 9.97 Å². The van der Waals surface area contributed by atoms with Gasteiger partial charge in [-0.2, -0.15) is 0 Å². The summed E-state index contributed by atoms with van der Waals surface area (Å²) in [7, 11) is 0. The lowest BCUT2D eigenvalue weighted by Gasteiger charge is -2.20. The average molecular weight is 311 g/mol. The first kappa shape index (κ1) is 20.0. The highest BCUT2D eigenvalue weighted by Gasteiger charge is 2.24. The van der Waals surface area contributed by atoms with Crippen molar-refractivity contribution in [2.45, 2.75) is 59.7 Å². The van der Waals surface area contributed by atoms with Gasteiger partial charge >= 0.3 is 11.9 Å². The summed E-state index contributed by atoms with van der Waals surface area (Å²) in [6.45, 7) is 12.2. The molecule has 7 nitrogen and oxygen atoms in total. The third kappa shape index (κ3) is 6.62. The van der Waals surface area contributed by atoms with Gasteiger partial charge in [0, 0.05) is 5.69 Å². The lowest BCUT2D eigenvalue weighted by atomic mass is 10.2. The zero-order valence-electron chi connectivity index (χ0n) is 14.3. The van der Waals surface area contributed by atoms with Crippen LogP contribution in [0.25, 0.3) is 0 Å². The summed E-state index contributed by atoms with van der Waals surface area (Å²) in [6.07, 6.45) is 0. The molecule has 0 aliphatic carbocycles.